The van der Waals surface area contributed by atoms with E-state index in [0.717, 1.165) is 0 Å². The van der Waals surface area contributed by atoms with Crippen LogP contribution in [-0.2, 0) is 0 Å². The number of nitrogens with zero attached hydrogens (tertiary/aromatic N) is 3. The molecular weight excluding hydrogens is 358 g/mol. The minimum Gasteiger partial charge on any atom is -0.497 e. The zero-order valence-electron chi connectivity index (χ0n) is 13.9. The van der Waals surface area contributed by atoms with Crippen molar-refractivity contribution in [2.75, 3.05) is 0 Å². The Kier molecular flexibility index (Phi) is 5.61. The smallest absolute Gasteiger partial charge is 0.324 e. The minimum atomic E-state index is -1.21. The lowest BCUT2D eigenvalue weighted by molar-refractivity contribution is -0.404. The lowest BCUT2D eigenvalue weighted by Gasteiger charge is -1.98. The Labute approximate surface area is 151 Å². The molecule has 3 rings (SSSR count). The van der Waals surface area contributed by atoms with E-state index in [1.54, 1.807) is 0 Å². The molecule has 0 aromatic heterocycles. The van der Waals surface area contributed by atoms with E-state index >= 15 is 0 Å². The van der Waals surface area contributed by atoms with E-state index in [1.165, 1.54) is 16.3 Å². The van der Waals surface area contributed by atoms with Crippen molar-refractivity contribution in [1.82, 2.24) is 0 Å². The summed E-state index contributed by atoms with van der Waals surface area (Å²) in [6.45, 7) is 2.14. The van der Waals surface area contributed by atoms with Crippen LogP contribution in [-0.4, -0.2) is 19.9 Å². The van der Waals surface area contributed by atoms with E-state index in [2.05, 4.69) is 49.4 Å². The van der Waals surface area contributed by atoms with Gasteiger partial charge >= 0.3 is 11.4 Å². The number of non-ortho nitro benzene ring substituents is 1. The van der Waals surface area contributed by atoms with Crippen LogP contribution in [0.1, 0.15) is 5.56 Å². The zero-order valence-corrected chi connectivity index (χ0v) is 13.9. The molecule has 0 radical (unpaired) electrons. The summed E-state index contributed by atoms with van der Waals surface area (Å²) in [5.41, 5.74) is -1.65. The van der Waals surface area contributed by atoms with Crippen LogP contribution < -0.4 is 0 Å². The Balaban J connectivity index is 0.000000206. The van der Waals surface area contributed by atoms with Gasteiger partial charge in [-0.15, -0.1) is 0 Å². The fourth-order valence-corrected chi connectivity index (χ4v) is 2.36. The standard InChI is InChI=1S/C11H10.C6H3N3O7/c1-9-5-4-7-10-6-2-3-8-11(9)10;10-6-4(8(13)14)1-3(7(11)12)2-5(6)9(15)16/h2-8H,1H3;1-2,10H. The van der Waals surface area contributed by atoms with Crippen molar-refractivity contribution in [1.29, 1.82) is 0 Å². The number of fused-ring (bicyclic) bond motifs is 1. The molecule has 3 aromatic carbocycles. The van der Waals surface area contributed by atoms with Crippen LogP contribution in [0.3, 0.4) is 0 Å². The highest BCUT2D eigenvalue weighted by atomic mass is 16.6. The molecule has 0 unspecified atom stereocenters. The number of nitro groups is 3. The number of nitro benzene ring substituents is 3. The molecule has 0 spiro atoms. The van der Waals surface area contributed by atoms with Crippen LogP contribution in [0, 0.1) is 37.3 Å². The molecule has 1 N–H and O–H groups in total. The molecule has 0 amide bonds. The maximum Gasteiger partial charge on any atom is 0.324 e. The lowest BCUT2D eigenvalue weighted by atomic mass is 10.1. The van der Waals surface area contributed by atoms with Gasteiger partial charge in [0.25, 0.3) is 11.4 Å². The number of benzene rings is 3. The monoisotopic (exact) mass is 371 g/mol. The summed E-state index contributed by atoms with van der Waals surface area (Å²) < 4.78 is 0. The molecule has 10 heteroatoms. The van der Waals surface area contributed by atoms with Crippen LogP contribution in [0.2, 0.25) is 0 Å². The molecule has 0 heterocycles. The minimum absolute atomic E-state index is 0.447. The van der Waals surface area contributed by atoms with Crippen LogP contribution >= 0.6 is 0 Å². The molecule has 0 aliphatic heterocycles. The molecule has 0 saturated carbocycles. The maximum absolute atomic E-state index is 10.4. The Bertz CT molecular complexity index is 1010. The molecule has 0 aliphatic rings. The van der Waals surface area contributed by atoms with Crippen LogP contribution in [0.5, 0.6) is 5.75 Å². The molecule has 0 bridgehead atoms. The molecule has 138 valence electrons. The number of rotatable bonds is 3. The average Bonchev–Trinajstić information content (AvgIpc) is 2.62. The first kappa shape index (κ1) is 19.2. The second-order valence-corrected chi connectivity index (χ2v) is 5.40. The molecule has 0 fully saturated rings. The van der Waals surface area contributed by atoms with Crippen molar-refractivity contribution in [2.24, 2.45) is 0 Å². The number of hydrogen-bond donors (Lipinski definition) is 1. The highest BCUT2D eigenvalue weighted by molar-refractivity contribution is 5.85. The fourth-order valence-electron chi connectivity index (χ4n) is 2.36. The first-order valence-corrected chi connectivity index (χ1v) is 7.47. The van der Waals surface area contributed by atoms with Gasteiger partial charge < -0.3 is 5.11 Å². The van der Waals surface area contributed by atoms with Gasteiger partial charge in [-0.05, 0) is 23.3 Å². The van der Waals surface area contributed by atoms with Gasteiger partial charge in [0.15, 0.2) is 0 Å². The fraction of sp³-hybridized carbons (Fsp3) is 0.0588. The van der Waals surface area contributed by atoms with Gasteiger partial charge in [-0.1, -0.05) is 42.5 Å². The van der Waals surface area contributed by atoms with Crippen LogP contribution in [0.15, 0.2) is 54.6 Å². The van der Waals surface area contributed by atoms with Crippen molar-refractivity contribution in [3.05, 3.63) is 90.5 Å². The van der Waals surface area contributed by atoms with E-state index in [4.69, 9.17) is 5.11 Å². The molecular formula is C17H13N3O7. The summed E-state index contributed by atoms with van der Waals surface area (Å²) >= 11 is 0. The second-order valence-electron chi connectivity index (χ2n) is 5.40. The molecule has 0 atom stereocenters. The van der Waals surface area contributed by atoms with Crippen molar-refractivity contribution < 1.29 is 19.9 Å². The normalized spacial score (nSPS) is 9.96. The maximum atomic E-state index is 10.4. The SMILES string of the molecule is Cc1cccc2ccccc12.O=[N+]([O-])c1cc([N+](=O)[O-])c(O)c([N+](=O)[O-])c1. The van der Waals surface area contributed by atoms with Gasteiger partial charge in [0.1, 0.15) is 0 Å². The third kappa shape index (κ3) is 4.31. The third-order valence-electron chi connectivity index (χ3n) is 3.67. The van der Waals surface area contributed by atoms with E-state index in [9.17, 15) is 30.3 Å². The van der Waals surface area contributed by atoms with Crippen molar-refractivity contribution in [3.8, 4) is 5.75 Å². The first-order valence-electron chi connectivity index (χ1n) is 7.47. The van der Waals surface area contributed by atoms with Gasteiger partial charge in [0, 0.05) is 0 Å². The van der Waals surface area contributed by atoms with E-state index in [1.807, 2.05) is 0 Å². The largest absolute Gasteiger partial charge is 0.497 e. The van der Waals surface area contributed by atoms with Gasteiger partial charge in [-0.2, -0.15) is 0 Å². The Hall–Kier alpha value is -4.08. The van der Waals surface area contributed by atoms with Gasteiger partial charge in [0.2, 0.25) is 0 Å². The number of aryl methyl sites for hydroxylation is 1. The first-order chi connectivity index (χ1) is 12.7. The number of phenols is 1. The quantitative estimate of drug-likeness (QED) is 0.533. The third-order valence-corrected chi connectivity index (χ3v) is 3.67. The van der Waals surface area contributed by atoms with E-state index in [0.29, 0.717) is 12.1 Å². The Morgan fingerprint density at radius 2 is 1.30 bits per heavy atom. The number of hydrogen-bond acceptors (Lipinski definition) is 7. The van der Waals surface area contributed by atoms with Gasteiger partial charge in [-0.3, -0.25) is 30.3 Å². The van der Waals surface area contributed by atoms with Crippen molar-refractivity contribution in [2.45, 2.75) is 6.92 Å². The summed E-state index contributed by atoms with van der Waals surface area (Å²) in [4.78, 5) is 27.8. The summed E-state index contributed by atoms with van der Waals surface area (Å²) in [6, 6.07) is 15.7. The number of aromatic hydroxyl groups is 1. The highest BCUT2D eigenvalue weighted by Gasteiger charge is 2.30. The Morgan fingerprint density at radius 3 is 1.78 bits per heavy atom. The van der Waals surface area contributed by atoms with Crippen molar-refractivity contribution >= 4 is 27.8 Å². The predicted molar refractivity (Wildman–Crippen MR) is 96.8 cm³/mol. The molecule has 0 aliphatic carbocycles. The van der Waals surface area contributed by atoms with Gasteiger partial charge in [-0.25, -0.2) is 0 Å². The Morgan fingerprint density at radius 1 is 0.778 bits per heavy atom. The summed E-state index contributed by atoms with van der Waals surface area (Å²) in [5.74, 6) is -1.21. The molecule has 3 aromatic rings. The molecule has 10 nitrogen and oxygen atoms in total. The zero-order chi connectivity index (χ0) is 20.1. The predicted octanol–water partition coefficient (Wildman–Crippen LogP) is 4.27. The molecule has 27 heavy (non-hydrogen) atoms. The van der Waals surface area contributed by atoms with Gasteiger partial charge in [0.05, 0.1) is 26.9 Å². The highest BCUT2D eigenvalue weighted by Crippen LogP contribution is 2.38. The summed E-state index contributed by atoms with van der Waals surface area (Å²) in [7, 11) is 0. The summed E-state index contributed by atoms with van der Waals surface area (Å²) in [6.07, 6.45) is 0. The van der Waals surface area contributed by atoms with Crippen molar-refractivity contribution in [3.63, 3.8) is 0 Å². The number of phenolic OH excluding ortho intramolecular Hbond substituents is 1. The van der Waals surface area contributed by atoms with E-state index < -0.39 is 37.6 Å². The second kappa shape index (κ2) is 7.87. The lowest BCUT2D eigenvalue weighted by Crippen LogP contribution is -1.97. The van der Waals surface area contributed by atoms with Crippen LogP contribution in [0.4, 0.5) is 17.1 Å². The molecule has 0 saturated heterocycles. The van der Waals surface area contributed by atoms with Crippen LogP contribution in [0.25, 0.3) is 10.8 Å². The summed E-state index contributed by atoms with van der Waals surface area (Å²) in [5, 5.41) is 42.9. The topological polar surface area (TPSA) is 150 Å². The average molecular weight is 371 g/mol. The van der Waals surface area contributed by atoms with E-state index in [-0.39, 0.29) is 0 Å².